The molecule has 19 heavy (non-hydrogen) atoms. The molecule has 0 radical (unpaired) electrons. The van der Waals surface area contributed by atoms with E-state index in [4.69, 9.17) is 0 Å². The van der Waals surface area contributed by atoms with Crippen molar-refractivity contribution in [3.8, 4) is 0 Å². The molecule has 1 aromatic heterocycles. The maximum absolute atomic E-state index is 12.9. The Balaban J connectivity index is 2.12. The molecular formula is C12H13F3N4. The fourth-order valence-corrected chi connectivity index (χ4v) is 1.81. The van der Waals surface area contributed by atoms with Crippen LogP contribution in [-0.4, -0.2) is 15.2 Å². The number of alkyl halides is 3. The number of aromatic nitrogens is 3. The Bertz CT molecular complexity index is 522. The van der Waals surface area contributed by atoms with Gasteiger partial charge in [-0.15, -0.1) is 0 Å². The lowest BCUT2D eigenvalue weighted by atomic mass is 10.0. The molecule has 1 atom stereocenters. The average Bonchev–Trinajstić information content (AvgIpc) is 2.88. The molecule has 2 rings (SSSR count). The van der Waals surface area contributed by atoms with Crippen LogP contribution < -0.4 is 5.32 Å². The molecule has 0 amide bonds. The Morgan fingerprint density at radius 3 is 2.68 bits per heavy atom. The molecule has 7 heteroatoms. The highest BCUT2D eigenvalue weighted by Gasteiger charge is 2.33. The largest absolute Gasteiger partial charge is 0.416 e. The minimum atomic E-state index is -4.35. The molecule has 2 N–H and O–H groups in total. The van der Waals surface area contributed by atoms with Crippen LogP contribution in [0.1, 0.15) is 29.9 Å². The summed E-state index contributed by atoms with van der Waals surface area (Å²) in [6, 6.07) is 5.10. The van der Waals surface area contributed by atoms with Gasteiger partial charge in [0.15, 0.2) is 0 Å². The van der Waals surface area contributed by atoms with E-state index in [0.29, 0.717) is 12.4 Å². The Morgan fingerprint density at radius 2 is 2.05 bits per heavy atom. The van der Waals surface area contributed by atoms with E-state index in [2.05, 4.69) is 20.5 Å². The Morgan fingerprint density at radius 1 is 1.32 bits per heavy atom. The lowest BCUT2D eigenvalue weighted by molar-refractivity contribution is -0.138. The molecule has 1 heterocycles. The van der Waals surface area contributed by atoms with Crippen molar-refractivity contribution >= 4 is 0 Å². The van der Waals surface area contributed by atoms with E-state index < -0.39 is 17.8 Å². The summed E-state index contributed by atoms with van der Waals surface area (Å²) in [7, 11) is 0. The fraction of sp³-hybridized carbons (Fsp3) is 0.333. The van der Waals surface area contributed by atoms with Crippen LogP contribution in [0.3, 0.4) is 0 Å². The van der Waals surface area contributed by atoms with E-state index in [9.17, 15) is 13.2 Å². The van der Waals surface area contributed by atoms with E-state index in [0.717, 1.165) is 6.07 Å². The monoisotopic (exact) mass is 270 g/mol. The van der Waals surface area contributed by atoms with Gasteiger partial charge in [0, 0.05) is 6.04 Å². The number of hydrogen-bond acceptors (Lipinski definition) is 3. The molecule has 0 aliphatic heterocycles. The number of halogens is 3. The van der Waals surface area contributed by atoms with Gasteiger partial charge in [-0.2, -0.15) is 18.3 Å². The van der Waals surface area contributed by atoms with Crippen molar-refractivity contribution in [2.24, 2.45) is 0 Å². The zero-order chi connectivity index (χ0) is 13.9. The molecular weight excluding hydrogens is 257 g/mol. The topological polar surface area (TPSA) is 53.6 Å². The van der Waals surface area contributed by atoms with Gasteiger partial charge >= 0.3 is 6.18 Å². The van der Waals surface area contributed by atoms with Crippen molar-refractivity contribution < 1.29 is 13.2 Å². The highest BCUT2D eigenvalue weighted by atomic mass is 19.4. The molecule has 0 aliphatic rings. The molecule has 0 saturated heterocycles. The first-order chi connectivity index (χ1) is 8.98. The van der Waals surface area contributed by atoms with E-state index >= 15 is 0 Å². The molecule has 0 spiro atoms. The molecule has 1 aromatic carbocycles. The van der Waals surface area contributed by atoms with Gasteiger partial charge in [-0.25, -0.2) is 4.98 Å². The molecule has 4 nitrogen and oxygen atoms in total. The zero-order valence-corrected chi connectivity index (χ0v) is 10.2. The van der Waals surface area contributed by atoms with E-state index in [1.165, 1.54) is 18.5 Å². The number of aromatic amines is 1. The summed E-state index contributed by atoms with van der Waals surface area (Å²) >= 11 is 0. The summed E-state index contributed by atoms with van der Waals surface area (Å²) < 4.78 is 38.6. The van der Waals surface area contributed by atoms with Crippen molar-refractivity contribution in [1.82, 2.24) is 20.5 Å². The second kappa shape index (κ2) is 5.40. The van der Waals surface area contributed by atoms with Crippen molar-refractivity contribution in [2.75, 3.05) is 0 Å². The number of nitrogens with zero attached hydrogens (tertiary/aromatic N) is 2. The predicted octanol–water partition coefficient (Wildman–Crippen LogP) is 2.67. The number of nitrogens with one attached hydrogen (secondary N) is 2. The van der Waals surface area contributed by atoms with Gasteiger partial charge < -0.3 is 5.32 Å². The molecule has 1 unspecified atom stereocenters. The van der Waals surface area contributed by atoms with E-state index in [1.54, 1.807) is 13.0 Å². The van der Waals surface area contributed by atoms with Crippen LogP contribution in [0.25, 0.3) is 0 Å². The Hall–Kier alpha value is -1.89. The zero-order valence-electron chi connectivity index (χ0n) is 10.2. The smallest absolute Gasteiger partial charge is 0.303 e. The minimum absolute atomic E-state index is 0.217. The van der Waals surface area contributed by atoms with E-state index in [1.807, 2.05) is 0 Å². The van der Waals surface area contributed by atoms with Crippen molar-refractivity contribution in [3.63, 3.8) is 0 Å². The summed E-state index contributed by atoms with van der Waals surface area (Å²) in [6.45, 7) is 2.01. The number of H-pyrrole nitrogens is 1. The summed E-state index contributed by atoms with van der Waals surface area (Å²) in [5.74, 6) is 0.580. The van der Waals surface area contributed by atoms with Crippen LogP contribution in [0.4, 0.5) is 13.2 Å². The van der Waals surface area contributed by atoms with Gasteiger partial charge in [-0.1, -0.05) is 18.2 Å². The summed E-state index contributed by atoms with van der Waals surface area (Å²) in [6.07, 6.45) is -3.00. The second-order valence-corrected chi connectivity index (χ2v) is 4.12. The van der Waals surface area contributed by atoms with Crippen LogP contribution in [0.2, 0.25) is 0 Å². The fourth-order valence-electron chi connectivity index (χ4n) is 1.81. The third kappa shape index (κ3) is 3.31. The second-order valence-electron chi connectivity index (χ2n) is 4.12. The first-order valence-electron chi connectivity index (χ1n) is 5.72. The van der Waals surface area contributed by atoms with Crippen molar-refractivity contribution in [3.05, 3.63) is 47.5 Å². The SMILES string of the molecule is CC(NCc1ncn[nH]1)c1ccccc1C(F)(F)F. The maximum atomic E-state index is 12.9. The third-order valence-corrected chi connectivity index (χ3v) is 2.77. The minimum Gasteiger partial charge on any atom is -0.303 e. The molecule has 102 valence electrons. The predicted molar refractivity (Wildman–Crippen MR) is 63.1 cm³/mol. The van der Waals surface area contributed by atoms with Gasteiger partial charge in [0.25, 0.3) is 0 Å². The highest BCUT2D eigenvalue weighted by Crippen LogP contribution is 2.34. The summed E-state index contributed by atoms with van der Waals surface area (Å²) in [5, 5.41) is 9.30. The standard InChI is InChI=1S/C12H13F3N4/c1-8(16-6-11-17-7-18-19-11)9-4-2-3-5-10(9)12(13,14)15/h2-5,7-8,16H,6H2,1H3,(H,17,18,19). The maximum Gasteiger partial charge on any atom is 0.416 e. The molecule has 2 aromatic rings. The summed E-state index contributed by atoms with van der Waals surface area (Å²) in [4.78, 5) is 3.90. The highest BCUT2D eigenvalue weighted by molar-refractivity contribution is 5.32. The first-order valence-corrected chi connectivity index (χ1v) is 5.72. The van der Waals surface area contributed by atoms with Crippen molar-refractivity contribution in [2.45, 2.75) is 25.7 Å². The van der Waals surface area contributed by atoms with E-state index in [-0.39, 0.29) is 5.56 Å². The molecule has 0 fully saturated rings. The van der Waals surface area contributed by atoms with Crippen LogP contribution in [0, 0.1) is 0 Å². The molecule has 0 aliphatic carbocycles. The van der Waals surface area contributed by atoms with Gasteiger partial charge in [-0.05, 0) is 18.6 Å². The van der Waals surface area contributed by atoms with Gasteiger partial charge in [0.1, 0.15) is 12.2 Å². The first kappa shape index (κ1) is 13.5. The van der Waals surface area contributed by atoms with Crippen LogP contribution in [-0.2, 0) is 12.7 Å². The molecule has 0 saturated carbocycles. The average molecular weight is 270 g/mol. The Kier molecular flexibility index (Phi) is 3.84. The Labute approximate surface area is 108 Å². The van der Waals surface area contributed by atoms with Gasteiger partial charge in [0.05, 0.1) is 12.1 Å². The van der Waals surface area contributed by atoms with Crippen LogP contribution >= 0.6 is 0 Å². The molecule has 0 bridgehead atoms. The summed E-state index contributed by atoms with van der Waals surface area (Å²) in [5.41, 5.74) is -0.401. The third-order valence-electron chi connectivity index (χ3n) is 2.77. The van der Waals surface area contributed by atoms with Crippen molar-refractivity contribution in [1.29, 1.82) is 0 Å². The lowest BCUT2D eigenvalue weighted by Gasteiger charge is -2.18. The van der Waals surface area contributed by atoms with Crippen LogP contribution in [0.15, 0.2) is 30.6 Å². The van der Waals surface area contributed by atoms with Gasteiger partial charge in [0.2, 0.25) is 0 Å². The quantitative estimate of drug-likeness (QED) is 0.898. The normalized spacial score (nSPS) is 13.5. The number of hydrogen-bond donors (Lipinski definition) is 2. The lowest BCUT2D eigenvalue weighted by Crippen LogP contribution is -2.22. The number of benzene rings is 1. The van der Waals surface area contributed by atoms with Gasteiger partial charge in [-0.3, -0.25) is 5.10 Å². The van der Waals surface area contributed by atoms with Crippen LogP contribution in [0.5, 0.6) is 0 Å². The number of rotatable bonds is 4.